The maximum absolute atomic E-state index is 11.8. The Hall–Kier alpha value is -2.16. The Balaban J connectivity index is 2.32. The van der Waals surface area contributed by atoms with Crippen molar-refractivity contribution >= 4 is 12.1 Å². The molecular weight excluding hydrogens is 190 g/mol. The summed E-state index contributed by atoms with van der Waals surface area (Å²) in [7, 11) is 0. The molecule has 0 atom stereocenters. The minimum Gasteiger partial charge on any atom is -0.358 e. The number of aromatic nitrogens is 1. The highest BCUT2D eigenvalue weighted by Gasteiger charge is 2.10. The molecule has 1 aromatic carbocycles. The first-order chi connectivity index (χ1) is 7.31. The van der Waals surface area contributed by atoms with E-state index in [1.165, 1.54) is 6.20 Å². The van der Waals surface area contributed by atoms with Gasteiger partial charge in [0.05, 0.1) is 5.69 Å². The maximum Gasteiger partial charge on any atom is 0.209 e. The van der Waals surface area contributed by atoms with Crippen molar-refractivity contribution in [2.45, 2.75) is 0 Å². The molecule has 0 unspecified atom stereocenters. The molecule has 0 amide bonds. The molecule has 3 nitrogen and oxygen atoms in total. The molecule has 0 aliphatic carbocycles. The number of carbonyl (C=O) groups is 2. The van der Waals surface area contributed by atoms with Crippen molar-refractivity contribution in [3.8, 4) is 0 Å². The Bertz CT molecular complexity index is 485. The first-order valence-electron chi connectivity index (χ1n) is 4.54. The number of nitrogens with one attached hydrogen (secondary N) is 1. The highest BCUT2D eigenvalue weighted by Crippen LogP contribution is 2.09. The number of hydrogen-bond donors (Lipinski definition) is 1. The van der Waals surface area contributed by atoms with E-state index in [1.807, 2.05) is 6.07 Å². The molecule has 0 aliphatic rings. The maximum atomic E-state index is 11.8. The average Bonchev–Trinajstić information content (AvgIpc) is 2.78. The van der Waals surface area contributed by atoms with Crippen molar-refractivity contribution < 1.29 is 9.59 Å². The molecule has 2 rings (SSSR count). The van der Waals surface area contributed by atoms with Crippen molar-refractivity contribution in [1.82, 2.24) is 4.98 Å². The van der Waals surface area contributed by atoms with E-state index in [0.717, 1.165) is 0 Å². The minimum atomic E-state index is -0.108. The largest absolute Gasteiger partial charge is 0.358 e. The van der Waals surface area contributed by atoms with Crippen LogP contribution in [-0.2, 0) is 0 Å². The molecule has 0 aliphatic heterocycles. The van der Waals surface area contributed by atoms with Gasteiger partial charge in [-0.15, -0.1) is 0 Å². The Morgan fingerprint density at radius 1 is 1.20 bits per heavy atom. The van der Waals surface area contributed by atoms with Crippen LogP contribution in [0.15, 0.2) is 42.6 Å². The van der Waals surface area contributed by atoms with E-state index in [0.29, 0.717) is 23.1 Å². The smallest absolute Gasteiger partial charge is 0.209 e. The first-order valence-corrected chi connectivity index (χ1v) is 4.54. The van der Waals surface area contributed by atoms with Crippen LogP contribution in [0.2, 0.25) is 0 Å². The summed E-state index contributed by atoms with van der Waals surface area (Å²) in [6.07, 6.45) is 2.22. The fourth-order valence-corrected chi connectivity index (χ4v) is 1.36. The van der Waals surface area contributed by atoms with Gasteiger partial charge in [-0.05, 0) is 6.07 Å². The molecule has 0 bridgehead atoms. The van der Waals surface area contributed by atoms with E-state index in [9.17, 15) is 9.59 Å². The molecule has 74 valence electrons. The summed E-state index contributed by atoms with van der Waals surface area (Å²) in [4.78, 5) is 25.1. The Kier molecular flexibility index (Phi) is 2.46. The fourth-order valence-electron chi connectivity index (χ4n) is 1.36. The zero-order valence-electron chi connectivity index (χ0n) is 7.94. The van der Waals surface area contributed by atoms with Crippen LogP contribution in [0, 0.1) is 0 Å². The summed E-state index contributed by atoms with van der Waals surface area (Å²) in [6.45, 7) is 0. The quantitative estimate of drug-likeness (QED) is 0.607. The summed E-state index contributed by atoms with van der Waals surface area (Å²) in [5.74, 6) is -0.108. The summed E-state index contributed by atoms with van der Waals surface area (Å²) in [5, 5.41) is 0. The Morgan fingerprint density at radius 2 is 1.93 bits per heavy atom. The minimum absolute atomic E-state index is 0.108. The lowest BCUT2D eigenvalue weighted by atomic mass is 10.1. The molecule has 15 heavy (non-hydrogen) atoms. The lowest BCUT2D eigenvalue weighted by molar-refractivity contribution is 0.103. The van der Waals surface area contributed by atoms with Crippen LogP contribution in [0.25, 0.3) is 0 Å². The molecule has 1 aromatic heterocycles. The molecule has 0 saturated carbocycles. The summed E-state index contributed by atoms with van der Waals surface area (Å²) in [5.41, 5.74) is 1.52. The van der Waals surface area contributed by atoms with E-state index in [1.54, 1.807) is 30.3 Å². The standard InChI is InChI=1S/C12H9NO2/c14-8-9-6-11(13-7-9)12(15)10-4-2-1-3-5-10/h1-8,13H. The van der Waals surface area contributed by atoms with Crippen molar-refractivity contribution in [2.24, 2.45) is 0 Å². The van der Waals surface area contributed by atoms with Crippen LogP contribution in [0.5, 0.6) is 0 Å². The predicted molar refractivity (Wildman–Crippen MR) is 56.1 cm³/mol. The third-order valence-corrected chi connectivity index (χ3v) is 2.12. The molecule has 3 heteroatoms. The van der Waals surface area contributed by atoms with Gasteiger partial charge in [-0.2, -0.15) is 0 Å². The molecule has 0 radical (unpaired) electrons. The molecule has 1 heterocycles. The van der Waals surface area contributed by atoms with Crippen LogP contribution in [0.4, 0.5) is 0 Å². The number of hydrogen-bond acceptors (Lipinski definition) is 2. The highest BCUT2D eigenvalue weighted by molar-refractivity contribution is 6.08. The molecular formula is C12H9NO2. The van der Waals surface area contributed by atoms with Gasteiger partial charge in [0.15, 0.2) is 6.29 Å². The Labute approximate surface area is 86.8 Å². The van der Waals surface area contributed by atoms with Gasteiger partial charge >= 0.3 is 0 Å². The third-order valence-electron chi connectivity index (χ3n) is 2.12. The van der Waals surface area contributed by atoms with Gasteiger partial charge in [0.1, 0.15) is 0 Å². The third kappa shape index (κ3) is 1.86. The zero-order chi connectivity index (χ0) is 10.7. The van der Waals surface area contributed by atoms with Gasteiger partial charge in [-0.25, -0.2) is 0 Å². The molecule has 1 N–H and O–H groups in total. The van der Waals surface area contributed by atoms with Gasteiger partial charge < -0.3 is 4.98 Å². The molecule has 2 aromatic rings. The van der Waals surface area contributed by atoms with E-state index >= 15 is 0 Å². The van der Waals surface area contributed by atoms with Crippen molar-refractivity contribution in [1.29, 1.82) is 0 Å². The average molecular weight is 199 g/mol. The van der Waals surface area contributed by atoms with Crippen molar-refractivity contribution in [3.63, 3.8) is 0 Å². The molecule has 0 saturated heterocycles. The molecule has 0 spiro atoms. The van der Waals surface area contributed by atoms with E-state index in [4.69, 9.17) is 0 Å². The zero-order valence-corrected chi connectivity index (χ0v) is 7.94. The summed E-state index contributed by atoms with van der Waals surface area (Å²) in [6, 6.07) is 10.5. The second-order valence-corrected chi connectivity index (χ2v) is 3.16. The first kappa shape index (κ1) is 9.40. The van der Waals surface area contributed by atoms with E-state index < -0.39 is 0 Å². The summed E-state index contributed by atoms with van der Waals surface area (Å²) >= 11 is 0. The Morgan fingerprint density at radius 3 is 2.53 bits per heavy atom. The number of rotatable bonds is 3. The second kappa shape index (κ2) is 3.92. The molecule has 0 fully saturated rings. The van der Waals surface area contributed by atoms with E-state index in [2.05, 4.69) is 4.98 Å². The van der Waals surface area contributed by atoms with Crippen LogP contribution in [0.1, 0.15) is 26.4 Å². The lowest BCUT2D eigenvalue weighted by Crippen LogP contribution is -2.00. The number of aromatic amines is 1. The number of ketones is 1. The van der Waals surface area contributed by atoms with Gasteiger partial charge in [-0.1, -0.05) is 30.3 Å². The normalized spacial score (nSPS) is 9.87. The lowest BCUT2D eigenvalue weighted by Gasteiger charge is -1.96. The van der Waals surface area contributed by atoms with Gasteiger partial charge in [-0.3, -0.25) is 9.59 Å². The monoisotopic (exact) mass is 199 g/mol. The van der Waals surface area contributed by atoms with Crippen LogP contribution < -0.4 is 0 Å². The van der Waals surface area contributed by atoms with Gasteiger partial charge in [0, 0.05) is 17.3 Å². The topological polar surface area (TPSA) is 49.9 Å². The van der Waals surface area contributed by atoms with Crippen molar-refractivity contribution in [2.75, 3.05) is 0 Å². The predicted octanol–water partition coefficient (Wildman–Crippen LogP) is 2.06. The van der Waals surface area contributed by atoms with Crippen LogP contribution in [0.3, 0.4) is 0 Å². The van der Waals surface area contributed by atoms with Gasteiger partial charge in [0.25, 0.3) is 0 Å². The number of benzene rings is 1. The number of carbonyl (C=O) groups excluding carboxylic acids is 2. The number of aldehydes is 1. The second-order valence-electron chi connectivity index (χ2n) is 3.16. The van der Waals surface area contributed by atoms with E-state index in [-0.39, 0.29) is 5.78 Å². The van der Waals surface area contributed by atoms with Crippen LogP contribution >= 0.6 is 0 Å². The van der Waals surface area contributed by atoms with Crippen LogP contribution in [-0.4, -0.2) is 17.1 Å². The van der Waals surface area contributed by atoms with Gasteiger partial charge in [0.2, 0.25) is 5.78 Å². The number of H-pyrrole nitrogens is 1. The fraction of sp³-hybridized carbons (Fsp3) is 0. The summed E-state index contributed by atoms with van der Waals surface area (Å²) < 4.78 is 0. The highest BCUT2D eigenvalue weighted by atomic mass is 16.1. The van der Waals surface area contributed by atoms with Crippen molar-refractivity contribution in [3.05, 3.63) is 59.4 Å². The SMILES string of the molecule is O=Cc1c[nH]c(C(=O)c2ccccc2)c1.